The second-order valence-corrected chi connectivity index (χ2v) is 5.70. The maximum atomic E-state index is 12.0. The van der Waals surface area contributed by atoms with Crippen molar-refractivity contribution >= 4 is 18.3 Å². The number of nitrogens with zero attached hydrogens (tertiary/aromatic N) is 2. The van der Waals surface area contributed by atoms with Gasteiger partial charge in [0.15, 0.2) is 0 Å². The van der Waals surface area contributed by atoms with Crippen molar-refractivity contribution in [1.82, 2.24) is 20.4 Å². The molecule has 3 N–H and O–H groups in total. The fourth-order valence-electron chi connectivity index (χ4n) is 2.25. The highest BCUT2D eigenvalue weighted by atomic mass is 35.5. The Bertz CT molecular complexity index is 444. The van der Waals surface area contributed by atoms with Crippen LogP contribution in [0.5, 0.6) is 0 Å². The Morgan fingerprint density at radius 2 is 2.38 bits per heavy atom. The summed E-state index contributed by atoms with van der Waals surface area (Å²) in [6.45, 7) is 6.05. The molecular formula is C14H25ClN4O2. The van der Waals surface area contributed by atoms with Gasteiger partial charge in [0, 0.05) is 19.3 Å². The van der Waals surface area contributed by atoms with Crippen molar-refractivity contribution in [2.45, 2.75) is 38.8 Å². The van der Waals surface area contributed by atoms with Crippen LogP contribution in [0, 0.1) is 5.92 Å². The van der Waals surface area contributed by atoms with Gasteiger partial charge in [-0.2, -0.15) is 5.10 Å². The van der Waals surface area contributed by atoms with Crippen LogP contribution in [-0.2, 0) is 0 Å². The second-order valence-electron chi connectivity index (χ2n) is 5.70. The molecule has 2 heterocycles. The molecule has 0 aliphatic carbocycles. The van der Waals surface area contributed by atoms with Crippen molar-refractivity contribution in [1.29, 1.82) is 0 Å². The van der Waals surface area contributed by atoms with Gasteiger partial charge in [-0.1, -0.05) is 13.8 Å². The number of carbonyl (C=O) groups excluding carboxylic acids is 1. The Labute approximate surface area is 131 Å². The van der Waals surface area contributed by atoms with E-state index in [1.165, 1.54) is 0 Å². The Balaban J connectivity index is 0.00000220. The van der Waals surface area contributed by atoms with E-state index < -0.39 is 6.10 Å². The molecule has 2 atom stereocenters. The summed E-state index contributed by atoms with van der Waals surface area (Å²) in [7, 11) is 0. The van der Waals surface area contributed by atoms with Gasteiger partial charge in [0.2, 0.25) is 0 Å². The third-order valence-electron chi connectivity index (χ3n) is 3.73. The first-order valence-electron chi connectivity index (χ1n) is 7.30. The van der Waals surface area contributed by atoms with Crippen molar-refractivity contribution in [3.05, 3.63) is 18.0 Å². The molecule has 7 heteroatoms. The van der Waals surface area contributed by atoms with Crippen molar-refractivity contribution in [3.8, 4) is 0 Å². The second kappa shape index (κ2) is 8.36. The highest BCUT2D eigenvalue weighted by Crippen LogP contribution is 2.15. The molecule has 6 nitrogen and oxygen atoms in total. The van der Waals surface area contributed by atoms with Crippen LogP contribution < -0.4 is 10.6 Å². The van der Waals surface area contributed by atoms with E-state index in [4.69, 9.17) is 0 Å². The molecule has 1 fully saturated rings. The van der Waals surface area contributed by atoms with E-state index in [9.17, 15) is 9.90 Å². The number of rotatable bonds is 5. The number of aliphatic hydroxyl groups is 1. The van der Waals surface area contributed by atoms with Gasteiger partial charge < -0.3 is 15.7 Å². The number of nitrogens with one attached hydrogen (secondary N) is 2. The van der Waals surface area contributed by atoms with Crippen LogP contribution in [-0.4, -0.2) is 46.5 Å². The van der Waals surface area contributed by atoms with Gasteiger partial charge in [-0.05, 0) is 31.4 Å². The molecule has 1 saturated heterocycles. The number of hydrogen-bond donors (Lipinski definition) is 3. The fraction of sp³-hybridized carbons (Fsp3) is 0.714. The summed E-state index contributed by atoms with van der Waals surface area (Å²) in [5.41, 5.74) is 0.409. The minimum Gasteiger partial charge on any atom is -0.391 e. The molecular weight excluding hydrogens is 292 g/mol. The summed E-state index contributed by atoms with van der Waals surface area (Å²) in [4.78, 5) is 12.0. The summed E-state index contributed by atoms with van der Waals surface area (Å²) in [5, 5.41) is 20.1. The van der Waals surface area contributed by atoms with E-state index in [-0.39, 0.29) is 30.8 Å². The number of carbonyl (C=O) groups is 1. The molecule has 1 aliphatic heterocycles. The van der Waals surface area contributed by atoms with E-state index in [0.717, 1.165) is 25.9 Å². The summed E-state index contributed by atoms with van der Waals surface area (Å²) in [5.74, 6) is -0.103. The molecule has 21 heavy (non-hydrogen) atoms. The number of aliphatic hydroxyl groups excluding tert-OH is 1. The third kappa shape index (κ3) is 4.98. The van der Waals surface area contributed by atoms with Crippen molar-refractivity contribution < 1.29 is 9.90 Å². The van der Waals surface area contributed by atoms with Crippen LogP contribution >= 0.6 is 12.4 Å². The highest BCUT2D eigenvalue weighted by molar-refractivity contribution is 5.92. The normalized spacial score (nSPS) is 19.9. The van der Waals surface area contributed by atoms with Crippen molar-refractivity contribution in [2.24, 2.45) is 5.92 Å². The first-order valence-corrected chi connectivity index (χ1v) is 7.30. The zero-order valence-electron chi connectivity index (χ0n) is 12.6. The SMILES string of the molecule is CC(C)C(O)CNC(=O)c1ccn(C2CCCNC2)n1.Cl. The lowest BCUT2D eigenvalue weighted by molar-refractivity contribution is 0.0866. The van der Waals surface area contributed by atoms with Gasteiger partial charge in [0.1, 0.15) is 5.69 Å². The van der Waals surface area contributed by atoms with E-state index in [1.54, 1.807) is 6.07 Å². The topological polar surface area (TPSA) is 79.2 Å². The van der Waals surface area contributed by atoms with E-state index >= 15 is 0 Å². The minimum atomic E-state index is -0.524. The van der Waals surface area contributed by atoms with Gasteiger partial charge in [-0.25, -0.2) is 0 Å². The van der Waals surface area contributed by atoms with Crippen LogP contribution in [0.3, 0.4) is 0 Å². The van der Waals surface area contributed by atoms with Crippen molar-refractivity contribution in [2.75, 3.05) is 19.6 Å². The number of piperidine rings is 1. The van der Waals surface area contributed by atoms with E-state index in [0.29, 0.717) is 11.7 Å². The molecule has 2 unspecified atom stereocenters. The van der Waals surface area contributed by atoms with Crippen LogP contribution in [0.2, 0.25) is 0 Å². The summed E-state index contributed by atoms with van der Waals surface area (Å²) < 4.78 is 1.86. The Kier molecular flexibility index (Phi) is 7.14. The lowest BCUT2D eigenvalue weighted by atomic mass is 10.1. The summed E-state index contributed by atoms with van der Waals surface area (Å²) in [6.07, 6.45) is 3.54. The number of amides is 1. The first-order chi connectivity index (χ1) is 9.58. The summed E-state index contributed by atoms with van der Waals surface area (Å²) in [6, 6.07) is 2.05. The quantitative estimate of drug-likeness (QED) is 0.756. The molecule has 1 amide bonds. The van der Waals surface area contributed by atoms with Crippen molar-refractivity contribution in [3.63, 3.8) is 0 Å². The lowest BCUT2D eigenvalue weighted by Crippen LogP contribution is -2.35. The minimum absolute atomic E-state index is 0. The van der Waals surface area contributed by atoms with Gasteiger partial charge in [0.05, 0.1) is 12.1 Å². The zero-order chi connectivity index (χ0) is 14.5. The number of aromatic nitrogens is 2. The van der Waals surface area contributed by atoms with Gasteiger partial charge in [-0.15, -0.1) is 12.4 Å². The monoisotopic (exact) mass is 316 g/mol. The highest BCUT2D eigenvalue weighted by Gasteiger charge is 2.18. The average Bonchev–Trinajstić information content (AvgIpc) is 2.95. The molecule has 0 bridgehead atoms. The van der Waals surface area contributed by atoms with E-state index in [2.05, 4.69) is 15.7 Å². The van der Waals surface area contributed by atoms with E-state index in [1.807, 2.05) is 24.7 Å². The first kappa shape index (κ1) is 17.9. The molecule has 0 spiro atoms. The van der Waals surface area contributed by atoms with Gasteiger partial charge >= 0.3 is 0 Å². The maximum absolute atomic E-state index is 12.0. The fourth-order valence-corrected chi connectivity index (χ4v) is 2.25. The maximum Gasteiger partial charge on any atom is 0.271 e. The predicted molar refractivity (Wildman–Crippen MR) is 83.8 cm³/mol. The largest absolute Gasteiger partial charge is 0.391 e. The predicted octanol–water partition coefficient (Wildman–Crippen LogP) is 0.976. The summed E-state index contributed by atoms with van der Waals surface area (Å²) >= 11 is 0. The van der Waals surface area contributed by atoms with Gasteiger partial charge in [-0.3, -0.25) is 9.48 Å². The Morgan fingerprint density at radius 3 is 3.00 bits per heavy atom. The molecule has 1 aromatic rings. The van der Waals surface area contributed by atoms with Gasteiger partial charge in [0.25, 0.3) is 5.91 Å². The lowest BCUT2D eigenvalue weighted by Gasteiger charge is -2.22. The standard InChI is InChI=1S/C14H24N4O2.ClH/c1-10(2)13(19)9-16-14(20)12-5-7-18(17-12)11-4-3-6-15-8-11;/h5,7,10-11,13,15,19H,3-4,6,8-9H2,1-2H3,(H,16,20);1H. The average molecular weight is 317 g/mol. The molecule has 0 radical (unpaired) electrons. The van der Waals surface area contributed by atoms with Crippen LogP contribution in [0.15, 0.2) is 12.3 Å². The Morgan fingerprint density at radius 1 is 1.62 bits per heavy atom. The van der Waals surface area contributed by atoms with Crippen LogP contribution in [0.1, 0.15) is 43.2 Å². The molecule has 0 saturated carbocycles. The smallest absolute Gasteiger partial charge is 0.271 e. The molecule has 1 aliphatic rings. The molecule has 2 rings (SSSR count). The van der Waals surface area contributed by atoms with Crippen LogP contribution in [0.4, 0.5) is 0 Å². The number of halogens is 1. The number of hydrogen-bond acceptors (Lipinski definition) is 4. The Hall–Kier alpha value is -1.11. The zero-order valence-corrected chi connectivity index (χ0v) is 13.4. The molecule has 120 valence electrons. The third-order valence-corrected chi connectivity index (χ3v) is 3.73. The molecule has 0 aromatic carbocycles. The van der Waals surface area contributed by atoms with Crippen LogP contribution in [0.25, 0.3) is 0 Å². The molecule has 1 aromatic heterocycles.